The third kappa shape index (κ3) is 2.39. The molecule has 0 spiro atoms. The van der Waals surface area contributed by atoms with E-state index in [1.807, 2.05) is 40.0 Å². The number of nitrogens with zero attached hydrogens (tertiary/aromatic N) is 3. The number of hydrogen-bond acceptors (Lipinski definition) is 3. The zero-order valence-electron chi connectivity index (χ0n) is 12.3. The molecule has 1 aromatic carbocycles. The number of amides is 1. The van der Waals surface area contributed by atoms with Gasteiger partial charge in [-0.25, -0.2) is 0 Å². The van der Waals surface area contributed by atoms with E-state index in [-0.39, 0.29) is 5.91 Å². The minimum Gasteiger partial charge on any atom is -0.399 e. The fourth-order valence-corrected chi connectivity index (χ4v) is 2.32. The van der Waals surface area contributed by atoms with Crippen molar-refractivity contribution in [3.63, 3.8) is 0 Å². The second-order valence-electron chi connectivity index (χ2n) is 4.81. The van der Waals surface area contributed by atoms with E-state index >= 15 is 0 Å². The minimum atomic E-state index is -0.0274. The van der Waals surface area contributed by atoms with Crippen LogP contribution in [0, 0.1) is 13.8 Å². The molecule has 1 aromatic heterocycles. The lowest BCUT2D eigenvalue weighted by molar-refractivity contribution is 0.0987. The molecule has 0 aliphatic heterocycles. The van der Waals surface area contributed by atoms with Crippen molar-refractivity contribution in [1.29, 1.82) is 0 Å². The molecule has 5 nitrogen and oxygen atoms in total. The van der Waals surface area contributed by atoms with Crippen LogP contribution in [0.5, 0.6) is 0 Å². The van der Waals surface area contributed by atoms with Gasteiger partial charge in [0.1, 0.15) is 0 Å². The van der Waals surface area contributed by atoms with Crippen LogP contribution in [0.1, 0.15) is 28.7 Å². The molecule has 0 fully saturated rings. The number of nitrogens with two attached hydrogens (primary N) is 1. The average molecular weight is 272 g/mol. The van der Waals surface area contributed by atoms with Gasteiger partial charge in [-0.15, -0.1) is 0 Å². The van der Waals surface area contributed by atoms with Crippen LogP contribution in [-0.2, 0) is 7.05 Å². The van der Waals surface area contributed by atoms with E-state index < -0.39 is 0 Å². The molecule has 0 unspecified atom stereocenters. The van der Waals surface area contributed by atoms with Gasteiger partial charge in [0.2, 0.25) is 0 Å². The number of carbonyl (C=O) groups excluding carboxylic acids is 1. The van der Waals surface area contributed by atoms with Gasteiger partial charge in [0.05, 0.1) is 11.3 Å². The van der Waals surface area contributed by atoms with Crippen LogP contribution < -0.4 is 10.6 Å². The molecule has 0 aliphatic rings. The number of anilines is 2. The summed E-state index contributed by atoms with van der Waals surface area (Å²) in [7, 11) is 1.85. The second-order valence-corrected chi connectivity index (χ2v) is 4.81. The minimum absolute atomic E-state index is 0.0274. The van der Waals surface area contributed by atoms with Crippen molar-refractivity contribution in [2.75, 3.05) is 17.2 Å². The third-order valence-electron chi connectivity index (χ3n) is 3.49. The van der Waals surface area contributed by atoms with Crippen molar-refractivity contribution in [1.82, 2.24) is 9.78 Å². The predicted octanol–water partition coefficient (Wildman–Crippen LogP) is 2.29. The smallest absolute Gasteiger partial charge is 0.262 e. The van der Waals surface area contributed by atoms with Crippen LogP contribution in [0.3, 0.4) is 0 Å². The fourth-order valence-electron chi connectivity index (χ4n) is 2.32. The van der Waals surface area contributed by atoms with E-state index in [4.69, 9.17) is 5.73 Å². The highest BCUT2D eigenvalue weighted by atomic mass is 16.2. The molecule has 5 heteroatoms. The van der Waals surface area contributed by atoms with E-state index in [2.05, 4.69) is 5.10 Å². The lowest BCUT2D eigenvalue weighted by atomic mass is 10.1. The summed E-state index contributed by atoms with van der Waals surface area (Å²) in [4.78, 5) is 14.5. The molecule has 0 atom stereocenters. The Bertz CT molecular complexity index is 628. The van der Waals surface area contributed by atoms with Gasteiger partial charge in [-0.05, 0) is 45.0 Å². The highest BCUT2D eigenvalue weighted by Crippen LogP contribution is 2.21. The third-order valence-corrected chi connectivity index (χ3v) is 3.49. The molecule has 1 heterocycles. The van der Waals surface area contributed by atoms with Crippen LogP contribution in [0.4, 0.5) is 11.4 Å². The fraction of sp³-hybridized carbons (Fsp3) is 0.333. The summed E-state index contributed by atoms with van der Waals surface area (Å²) in [6.07, 6.45) is 0. The molecule has 20 heavy (non-hydrogen) atoms. The monoisotopic (exact) mass is 272 g/mol. The number of carbonyl (C=O) groups is 1. The van der Waals surface area contributed by atoms with E-state index in [0.29, 0.717) is 17.8 Å². The zero-order chi connectivity index (χ0) is 14.9. The maximum absolute atomic E-state index is 12.8. The Morgan fingerprint density at radius 2 is 1.90 bits per heavy atom. The van der Waals surface area contributed by atoms with Crippen molar-refractivity contribution < 1.29 is 4.79 Å². The summed E-state index contributed by atoms with van der Waals surface area (Å²) in [5, 5.41) is 4.31. The Hall–Kier alpha value is -2.30. The standard InChI is InChI=1S/C15H20N4O/c1-5-19(13-8-6-12(16)7-9-13)15(20)14-10(2)17-18(4)11(14)3/h6-9H,5,16H2,1-4H3. The molecular formula is C15H20N4O. The van der Waals surface area contributed by atoms with Crippen molar-refractivity contribution in [3.8, 4) is 0 Å². The summed E-state index contributed by atoms with van der Waals surface area (Å²) < 4.78 is 1.74. The molecule has 2 aromatic rings. The molecule has 2 N–H and O–H groups in total. The molecule has 106 valence electrons. The molecule has 2 rings (SSSR count). The topological polar surface area (TPSA) is 64.2 Å². The summed E-state index contributed by atoms with van der Waals surface area (Å²) >= 11 is 0. The number of aromatic nitrogens is 2. The number of benzene rings is 1. The molecule has 0 radical (unpaired) electrons. The highest BCUT2D eigenvalue weighted by molar-refractivity contribution is 6.07. The molecule has 0 saturated carbocycles. The number of aryl methyl sites for hydroxylation is 2. The molecular weight excluding hydrogens is 252 g/mol. The van der Waals surface area contributed by atoms with Crippen LogP contribution >= 0.6 is 0 Å². The Labute approximate surface area is 119 Å². The van der Waals surface area contributed by atoms with Crippen LogP contribution in [0.25, 0.3) is 0 Å². The molecule has 0 aliphatic carbocycles. The van der Waals surface area contributed by atoms with Gasteiger partial charge in [0, 0.05) is 30.7 Å². The Morgan fingerprint density at radius 3 is 2.35 bits per heavy atom. The summed E-state index contributed by atoms with van der Waals surface area (Å²) in [5.74, 6) is -0.0274. The first-order chi connectivity index (χ1) is 9.45. The van der Waals surface area contributed by atoms with Crippen molar-refractivity contribution >= 4 is 17.3 Å². The highest BCUT2D eigenvalue weighted by Gasteiger charge is 2.23. The van der Waals surface area contributed by atoms with Gasteiger partial charge >= 0.3 is 0 Å². The average Bonchev–Trinajstić information content (AvgIpc) is 2.66. The lowest BCUT2D eigenvalue weighted by Gasteiger charge is -2.21. The Morgan fingerprint density at radius 1 is 1.30 bits per heavy atom. The quantitative estimate of drug-likeness (QED) is 0.872. The molecule has 1 amide bonds. The van der Waals surface area contributed by atoms with Crippen LogP contribution in [0.15, 0.2) is 24.3 Å². The second kappa shape index (κ2) is 5.36. The largest absolute Gasteiger partial charge is 0.399 e. The Kier molecular flexibility index (Phi) is 3.79. The van der Waals surface area contributed by atoms with Gasteiger partial charge in [-0.2, -0.15) is 5.10 Å². The number of rotatable bonds is 3. The van der Waals surface area contributed by atoms with E-state index in [0.717, 1.165) is 17.1 Å². The van der Waals surface area contributed by atoms with Gasteiger partial charge in [0.15, 0.2) is 0 Å². The Balaban J connectivity index is 2.41. The van der Waals surface area contributed by atoms with Gasteiger partial charge in [-0.1, -0.05) is 0 Å². The van der Waals surface area contributed by atoms with Gasteiger partial charge in [0.25, 0.3) is 5.91 Å². The molecule has 0 bridgehead atoms. The first-order valence-electron chi connectivity index (χ1n) is 6.63. The summed E-state index contributed by atoms with van der Waals surface area (Å²) in [6.45, 7) is 6.31. The summed E-state index contributed by atoms with van der Waals surface area (Å²) in [6, 6.07) is 7.32. The van der Waals surface area contributed by atoms with Crippen molar-refractivity contribution in [3.05, 3.63) is 41.2 Å². The van der Waals surface area contributed by atoms with Gasteiger partial charge < -0.3 is 10.6 Å². The first kappa shape index (κ1) is 14.1. The maximum atomic E-state index is 12.8. The van der Waals surface area contributed by atoms with E-state index in [1.54, 1.807) is 21.7 Å². The first-order valence-corrected chi connectivity index (χ1v) is 6.63. The number of nitrogen functional groups attached to an aromatic ring is 1. The van der Waals surface area contributed by atoms with Crippen LogP contribution in [-0.4, -0.2) is 22.2 Å². The van der Waals surface area contributed by atoms with Gasteiger partial charge in [-0.3, -0.25) is 9.48 Å². The maximum Gasteiger partial charge on any atom is 0.262 e. The SMILES string of the molecule is CCN(C(=O)c1c(C)nn(C)c1C)c1ccc(N)cc1. The molecule has 0 saturated heterocycles. The number of hydrogen-bond donors (Lipinski definition) is 1. The zero-order valence-corrected chi connectivity index (χ0v) is 12.3. The van der Waals surface area contributed by atoms with E-state index in [1.165, 1.54) is 0 Å². The van der Waals surface area contributed by atoms with Crippen molar-refractivity contribution in [2.45, 2.75) is 20.8 Å². The van der Waals surface area contributed by atoms with Crippen LogP contribution in [0.2, 0.25) is 0 Å². The van der Waals surface area contributed by atoms with E-state index in [9.17, 15) is 4.79 Å². The van der Waals surface area contributed by atoms with Crippen molar-refractivity contribution in [2.24, 2.45) is 7.05 Å². The lowest BCUT2D eigenvalue weighted by Crippen LogP contribution is -2.31. The predicted molar refractivity (Wildman–Crippen MR) is 80.9 cm³/mol. The normalized spacial score (nSPS) is 10.6. The summed E-state index contributed by atoms with van der Waals surface area (Å²) in [5.41, 5.74) is 9.52.